The Morgan fingerprint density at radius 3 is 2.80 bits per heavy atom. The minimum atomic E-state index is -0.145. The molecule has 0 saturated carbocycles. The van der Waals surface area contributed by atoms with Crippen LogP contribution in [0.2, 0.25) is 0 Å². The summed E-state index contributed by atoms with van der Waals surface area (Å²) in [7, 11) is 1.61. The molecule has 0 unspecified atom stereocenters. The van der Waals surface area contributed by atoms with Crippen LogP contribution in [-0.4, -0.2) is 31.1 Å². The van der Waals surface area contributed by atoms with Crippen molar-refractivity contribution in [2.45, 2.75) is 6.92 Å². The molecule has 1 amide bonds. The van der Waals surface area contributed by atoms with Crippen LogP contribution in [0.1, 0.15) is 16.1 Å². The largest absolute Gasteiger partial charge is 0.497 e. The highest BCUT2D eigenvalue weighted by Gasteiger charge is 2.11. The second-order valence-corrected chi connectivity index (χ2v) is 4.22. The smallest absolute Gasteiger partial charge is 0.253 e. The van der Waals surface area contributed by atoms with Gasteiger partial charge in [-0.3, -0.25) is 9.78 Å². The Hall–Kier alpha value is -1.85. The Morgan fingerprint density at radius 2 is 2.15 bits per heavy atom. The Morgan fingerprint density at radius 1 is 1.40 bits per heavy atom. The number of hydrogen-bond acceptors (Lipinski definition) is 4. The van der Waals surface area contributed by atoms with Gasteiger partial charge in [-0.1, -0.05) is 0 Å². The van der Waals surface area contributed by atoms with E-state index in [1.807, 2.05) is 31.2 Å². The number of carbonyl (C=O) groups excluding carboxylic acids is 1. The van der Waals surface area contributed by atoms with Gasteiger partial charge in [-0.2, -0.15) is 0 Å². The Balaban J connectivity index is 0.00000200. The van der Waals surface area contributed by atoms with Crippen LogP contribution in [0.4, 0.5) is 0 Å². The van der Waals surface area contributed by atoms with E-state index in [1.165, 1.54) is 0 Å². The normalized spacial score (nSPS) is 9.95. The third-order valence-corrected chi connectivity index (χ3v) is 2.89. The van der Waals surface area contributed by atoms with Crippen LogP contribution >= 0.6 is 12.4 Å². The number of nitrogens with zero attached hydrogens (tertiary/aromatic N) is 1. The van der Waals surface area contributed by atoms with E-state index in [4.69, 9.17) is 10.5 Å². The number of aromatic nitrogens is 1. The molecule has 1 aromatic heterocycles. The first-order valence-electron chi connectivity index (χ1n) is 6.09. The Bertz CT molecular complexity index is 617. The number of carbonyl (C=O) groups is 1. The summed E-state index contributed by atoms with van der Waals surface area (Å²) in [5, 5.41) is 3.65. The van der Waals surface area contributed by atoms with Crippen molar-refractivity contribution in [1.82, 2.24) is 10.3 Å². The minimum Gasteiger partial charge on any atom is -0.497 e. The fraction of sp³-hybridized carbons (Fsp3) is 0.286. The van der Waals surface area contributed by atoms with Crippen molar-refractivity contribution in [1.29, 1.82) is 0 Å². The fourth-order valence-electron chi connectivity index (χ4n) is 1.88. The standard InChI is InChI=1S/C14H17N3O2.ClH/c1-9-12(14(18)16-6-5-15)7-10-3-4-11(19-2)8-13(10)17-9;/h3-4,7-8H,5-6,15H2,1-2H3,(H,16,18);1H. The summed E-state index contributed by atoms with van der Waals surface area (Å²) >= 11 is 0. The number of ether oxygens (including phenoxy) is 1. The molecule has 0 aliphatic carbocycles. The van der Waals surface area contributed by atoms with Gasteiger partial charge < -0.3 is 15.8 Å². The van der Waals surface area contributed by atoms with Gasteiger partial charge in [-0.15, -0.1) is 12.4 Å². The topological polar surface area (TPSA) is 77.2 Å². The second-order valence-electron chi connectivity index (χ2n) is 4.22. The summed E-state index contributed by atoms with van der Waals surface area (Å²) in [6.07, 6.45) is 0. The lowest BCUT2D eigenvalue weighted by Crippen LogP contribution is -2.29. The molecule has 0 fully saturated rings. The van der Waals surface area contributed by atoms with E-state index in [9.17, 15) is 4.79 Å². The lowest BCUT2D eigenvalue weighted by atomic mass is 10.1. The van der Waals surface area contributed by atoms with Crippen LogP contribution in [0.3, 0.4) is 0 Å². The average Bonchev–Trinajstić information content (AvgIpc) is 2.43. The predicted octanol–water partition coefficient (Wildman–Crippen LogP) is 1.66. The molecule has 108 valence electrons. The molecule has 1 aromatic carbocycles. The van der Waals surface area contributed by atoms with E-state index >= 15 is 0 Å². The van der Waals surface area contributed by atoms with Crippen LogP contribution < -0.4 is 15.8 Å². The molecule has 5 nitrogen and oxygen atoms in total. The number of halogens is 1. The maximum absolute atomic E-state index is 12.0. The molecule has 0 aliphatic heterocycles. The highest BCUT2D eigenvalue weighted by Crippen LogP contribution is 2.21. The van der Waals surface area contributed by atoms with Crippen LogP contribution in [0.25, 0.3) is 10.9 Å². The number of rotatable bonds is 4. The quantitative estimate of drug-likeness (QED) is 0.899. The van der Waals surface area contributed by atoms with E-state index in [2.05, 4.69) is 10.3 Å². The predicted molar refractivity (Wildman–Crippen MR) is 81.7 cm³/mol. The highest BCUT2D eigenvalue weighted by molar-refractivity contribution is 5.98. The number of nitrogens with two attached hydrogens (primary N) is 1. The van der Waals surface area contributed by atoms with Crippen molar-refractivity contribution in [2.24, 2.45) is 5.73 Å². The van der Waals surface area contributed by atoms with Gasteiger partial charge in [0.15, 0.2) is 0 Å². The lowest BCUT2D eigenvalue weighted by Gasteiger charge is -2.09. The zero-order valence-electron chi connectivity index (χ0n) is 11.5. The third kappa shape index (κ3) is 3.37. The van der Waals surface area contributed by atoms with Crippen molar-refractivity contribution in [3.05, 3.63) is 35.5 Å². The molecule has 2 aromatic rings. The maximum atomic E-state index is 12.0. The van der Waals surface area contributed by atoms with Crippen molar-refractivity contribution in [2.75, 3.05) is 20.2 Å². The molecule has 0 spiro atoms. The van der Waals surface area contributed by atoms with Crippen molar-refractivity contribution < 1.29 is 9.53 Å². The Labute approximate surface area is 123 Å². The number of benzene rings is 1. The number of nitrogens with one attached hydrogen (secondary N) is 1. The van der Waals surface area contributed by atoms with Gasteiger partial charge in [0.05, 0.1) is 23.9 Å². The van der Waals surface area contributed by atoms with Gasteiger partial charge in [0, 0.05) is 24.5 Å². The minimum absolute atomic E-state index is 0. The van der Waals surface area contributed by atoms with Gasteiger partial charge in [-0.05, 0) is 25.1 Å². The van der Waals surface area contributed by atoms with E-state index in [0.29, 0.717) is 24.3 Å². The molecule has 2 rings (SSSR count). The van der Waals surface area contributed by atoms with E-state index in [1.54, 1.807) is 7.11 Å². The van der Waals surface area contributed by atoms with Gasteiger partial charge >= 0.3 is 0 Å². The van der Waals surface area contributed by atoms with Gasteiger partial charge in [-0.25, -0.2) is 0 Å². The van der Waals surface area contributed by atoms with E-state index in [-0.39, 0.29) is 18.3 Å². The van der Waals surface area contributed by atoms with Crippen LogP contribution in [0.5, 0.6) is 5.75 Å². The molecule has 0 bridgehead atoms. The highest BCUT2D eigenvalue weighted by atomic mass is 35.5. The monoisotopic (exact) mass is 295 g/mol. The van der Waals surface area contributed by atoms with E-state index < -0.39 is 0 Å². The number of hydrogen-bond donors (Lipinski definition) is 2. The van der Waals surface area contributed by atoms with Gasteiger partial charge in [0.1, 0.15) is 5.75 Å². The summed E-state index contributed by atoms with van der Waals surface area (Å²) in [6.45, 7) is 2.69. The maximum Gasteiger partial charge on any atom is 0.253 e. The average molecular weight is 296 g/mol. The molecule has 6 heteroatoms. The van der Waals surface area contributed by atoms with Crippen molar-refractivity contribution in [3.63, 3.8) is 0 Å². The zero-order chi connectivity index (χ0) is 13.8. The third-order valence-electron chi connectivity index (χ3n) is 2.89. The van der Waals surface area contributed by atoms with Gasteiger partial charge in [0.2, 0.25) is 0 Å². The number of pyridine rings is 1. The summed E-state index contributed by atoms with van der Waals surface area (Å²) in [5.74, 6) is 0.605. The fourth-order valence-corrected chi connectivity index (χ4v) is 1.88. The number of aryl methyl sites for hydroxylation is 1. The summed E-state index contributed by atoms with van der Waals surface area (Å²) in [5.41, 5.74) is 7.45. The van der Waals surface area contributed by atoms with Crippen LogP contribution in [0, 0.1) is 6.92 Å². The molecular weight excluding hydrogens is 278 g/mol. The summed E-state index contributed by atoms with van der Waals surface area (Å²) < 4.78 is 5.16. The van der Waals surface area contributed by atoms with Crippen molar-refractivity contribution in [3.8, 4) is 5.75 Å². The zero-order valence-corrected chi connectivity index (χ0v) is 12.3. The first-order chi connectivity index (χ1) is 9.15. The first-order valence-corrected chi connectivity index (χ1v) is 6.09. The number of fused-ring (bicyclic) bond motifs is 1. The summed E-state index contributed by atoms with van der Waals surface area (Å²) in [6, 6.07) is 7.42. The SMILES string of the molecule is COc1ccc2cc(C(=O)NCCN)c(C)nc2c1.Cl. The molecule has 3 N–H and O–H groups in total. The lowest BCUT2D eigenvalue weighted by molar-refractivity contribution is 0.0954. The number of amides is 1. The second kappa shape index (κ2) is 7.07. The molecule has 0 saturated heterocycles. The Kier molecular flexibility index (Phi) is 5.73. The van der Waals surface area contributed by atoms with Gasteiger partial charge in [0.25, 0.3) is 5.91 Å². The van der Waals surface area contributed by atoms with Crippen LogP contribution in [0.15, 0.2) is 24.3 Å². The van der Waals surface area contributed by atoms with Crippen LogP contribution in [-0.2, 0) is 0 Å². The summed E-state index contributed by atoms with van der Waals surface area (Å²) in [4.78, 5) is 16.4. The molecule has 1 heterocycles. The molecule has 20 heavy (non-hydrogen) atoms. The molecule has 0 atom stereocenters. The van der Waals surface area contributed by atoms with Crippen molar-refractivity contribution >= 4 is 29.2 Å². The molecule has 0 aliphatic rings. The first kappa shape index (κ1) is 16.2. The van der Waals surface area contributed by atoms with E-state index in [0.717, 1.165) is 16.7 Å². The number of methoxy groups -OCH3 is 1. The molecule has 0 radical (unpaired) electrons. The molecular formula is C14H18ClN3O2.